The minimum atomic E-state index is -0.0238. The molecule has 78 valence electrons. The van der Waals surface area contributed by atoms with E-state index < -0.39 is 0 Å². The lowest BCUT2D eigenvalue weighted by Gasteiger charge is -1.97. The SMILES string of the molecule is CSc1nccc(-c2cc(CO)co2)n1. The number of rotatable bonds is 3. The van der Waals surface area contributed by atoms with Crippen LogP contribution in [0.25, 0.3) is 11.5 Å². The molecular weight excluding hydrogens is 212 g/mol. The molecule has 0 aliphatic heterocycles. The van der Waals surface area contributed by atoms with Gasteiger partial charge in [-0.15, -0.1) is 0 Å². The molecule has 0 aliphatic carbocycles. The first kappa shape index (κ1) is 10.2. The van der Waals surface area contributed by atoms with E-state index in [1.807, 2.05) is 6.26 Å². The molecule has 0 atom stereocenters. The highest BCUT2D eigenvalue weighted by atomic mass is 32.2. The zero-order chi connectivity index (χ0) is 10.7. The molecule has 0 saturated heterocycles. The molecule has 4 nitrogen and oxygen atoms in total. The van der Waals surface area contributed by atoms with E-state index in [4.69, 9.17) is 9.52 Å². The third-order valence-corrected chi connectivity index (χ3v) is 2.47. The number of aliphatic hydroxyl groups excluding tert-OH is 1. The lowest BCUT2D eigenvalue weighted by Crippen LogP contribution is -1.87. The molecule has 0 amide bonds. The molecule has 5 heteroatoms. The summed E-state index contributed by atoms with van der Waals surface area (Å²) in [7, 11) is 0. The Balaban J connectivity index is 2.35. The fourth-order valence-electron chi connectivity index (χ4n) is 1.17. The molecule has 2 rings (SSSR count). The van der Waals surface area contributed by atoms with Crippen LogP contribution in [0.2, 0.25) is 0 Å². The summed E-state index contributed by atoms with van der Waals surface area (Å²) in [5.74, 6) is 0.650. The van der Waals surface area contributed by atoms with Gasteiger partial charge in [0.05, 0.1) is 12.9 Å². The van der Waals surface area contributed by atoms with E-state index >= 15 is 0 Å². The Hall–Kier alpha value is -1.33. The van der Waals surface area contributed by atoms with Crippen molar-refractivity contribution in [1.29, 1.82) is 0 Å². The van der Waals surface area contributed by atoms with Crippen LogP contribution in [-0.4, -0.2) is 21.3 Å². The Morgan fingerprint density at radius 3 is 3.07 bits per heavy atom. The Kier molecular flexibility index (Phi) is 3.03. The van der Waals surface area contributed by atoms with Crippen molar-refractivity contribution < 1.29 is 9.52 Å². The molecule has 2 aromatic rings. The van der Waals surface area contributed by atoms with Gasteiger partial charge in [-0.2, -0.15) is 0 Å². The van der Waals surface area contributed by atoms with Crippen molar-refractivity contribution in [2.75, 3.05) is 6.26 Å². The molecule has 0 saturated carbocycles. The summed E-state index contributed by atoms with van der Waals surface area (Å²) in [6.07, 6.45) is 5.13. The van der Waals surface area contributed by atoms with Gasteiger partial charge in [0.1, 0.15) is 5.69 Å². The third kappa shape index (κ3) is 2.19. The lowest BCUT2D eigenvalue weighted by molar-refractivity contribution is 0.280. The van der Waals surface area contributed by atoms with Gasteiger partial charge in [0.2, 0.25) is 0 Å². The minimum absolute atomic E-state index is 0.0238. The maximum Gasteiger partial charge on any atom is 0.187 e. The molecule has 0 unspecified atom stereocenters. The fourth-order valence-corrected chi connectivity index (χ4v) is 1.53. The van der Waals surface area contributed by atoms with Crippen LogP contribution in [0.1, 0.15) is 5.56 Å². The van der Waals surface area contributed by atoms with Crippen molar-refractivity contribution in [2.45, 2.75) is 11.8 Å². The predicted octanol–water partition coefficient (Wildman–Crippen LogP) is 1.95. The van der Waals surface area contributed by atoms with Crippen LogP contribution in [0.5, 0.6) is 0 Å². The first-order chi connectivity index (χ1) is 7.33. The number of thioether (sulfide) groups is 1. The van der Waals surface area contributed by atoms with E-state index in [9.17, 15) is 0 Å². The number of hydrogen-bond acceptors (Lipinski definition) is 5. The second-order valence-corrected chi connectivity index (χ2v) is 3.68. The molecule has 0 aliphatic rings. The van der Waals surface area contributed by atoms with Crippen LogP contribution >= 0.6 is 11.8 Å². The average Bonchev–Trinajstić information content (AvgIpc) is 2.78. The molecule has 0 fully saturated rings. The summed E-state index contributed by atoms with van der Waals surface area (Å²) in [4.78, 5) is 8.36. The van der Waals surface area contributed by atoms with Crippen molar-refractivity contribution in [2.24, 2.45) is 0 Å². The highest BCUT2D eigenvalue weighted by Crippen LogP contribution is 2.21. The van der Waals surface area contributed by atoms with E-state index in [1.165, 1.54) is 18.0 Å². The number of nitrogens with zero attached hydrogens (tertiary/aromatic N) is 2. The quantitative estimate of drug-likeness (QED) is 0.635. The van der Waals surface area contributed by atoms with Gasteiger partial charge in [-0.3, -0.25) is 0 Å². The normalized spacial score (nSPS) is 10.5. The van der Waals surface area contributed by atoms with E-state index in [-0.39, 0.29) is 6.61 Å². The smallest absolute Gasteiger partial charge is 0.187 e. The van der Waals surface area contributed by atoms with Crippen molar-refractivity contribution in [3.63, 3.8) is 0 Å². The summed E-state index contributed by atoms with van der Waals surface area (Å²) in [6.45, 7) is -0.0238. The average molecular weight is 222 g/mol. The highest BCUT2D eigenvalue weighted by molar-refractivity contribution is 7.98. The first-order valence-corrected chi connectivity index (χ1v) is 5.61. The third-order valence-electron chi connectivity index (χ3n) is 1.90. The number of hydrogen-bond donors (Lipinski definition) is 1. The number of aromatic nitrogens is 2. The van der Waals surface area contributed by atoms with Gasteiger partial charge in [-0.25, -0.2) is 9.97 Å². The molecule has 2 aromatic heterocycles. The Morgan fingerprint density at radius 2 is 2.40 bits per heavy atom. The van der Waals surface area contributed by atoms with E-state index in [2.05, 4.69) is 9.97 Å². The minimum Gasteiger partial charge on any atom is -0.462 e. The topological polar surface area (TPSA) is 59.2 Å². The van der Waals surface area contributed by atoms with Gasteiger partial charge in [0.25, 0.3) is 0 Å². The largest absolute Gasteiger partial charge is 0.462 e. The second-order valence-electron chi connectivity index (χ2n) is 2.91. The predicted molar refractivity (Wildman–Crippen MR) is 57.4 cm³/mol. The number of furan rings is 1. The van der Waals surface area contributed by atoms with Crippen LogP contribution in [0.3, 0.4) is 0 Å². The van der Waals surface area contributed by atoms with Crippen molar-refractivity contribution in [3.05, 3.63) is 30.2 Å². The second kappa shape index (κ2) is 4.46. The van der Waals surface area contributed by atoms with Crippen molar-refractivity contribution in [3.8, 4) is 11.5 Å². The standard InChI is InChI=1S/C10H10N2O2S/c1-15-10-11-3-2-8(12-10)9-4-7(5-13)6-14-9/h2-4,6,13H,5H2,1H3. The van der Waals surface area contributed by atoms with Crippen molar-refractivity contribution >= 4 is 11.8 Å². The molecule has 2 heterocycles. The summed E-state index contributed by atoms with van der Waals surface area (Å²) in [6, 6.07) is 3.55. The molecule has 15 heavy (non-hydrogen) atoms. The maximum absolute atomic E-state index is 8.90. The Bertz CT molecular complexity index is 456. The van der Waals surface area contributed by atoms with Crippen LogP contribution < -0.4 is 0 Å². The zero-order valence-corrected chi connectivity index (χ0v) is 8.99. The van der Waals surface area contributed by atoms with Gasteiger partial charge < -0.3 is 9.52 Å². The van der Waals surface area contributed by atoms with Gasteiger partial charge >= 0.3 is 0 Å². The highest BCUT2D eigenvalue weighted by Gasteiger charge is 2.06. The van der Waals surface area contributed by atoms with Crippen LogP contribution in [0.15, 0.2) is 34.2 Å². The summed E-state index contributed by atoms with van der Waals surface area (Å²) >= 11 is 1.48. The number of aliphatic hydroxyl groups is 1. The Morgan fingerprint density at radius 1 is 1.53 bits per heavy atom. The maximum atomic E-state index is 8.90. The van der Waals surface area contributed by atoms with Crippen LogP contribution in [0, 0.1) is 0 Å². The molecule has 0 bridgehead atoms. The van der Waals surface area contributed by atoms with Gasteiger partial charge in [-0.05, 0) is 18.4 Å². The van der Waals surface area contributed by atoms with E-state index in [1.54, 1.807) is 18.3 Å². The molecular formula is C10H10N2O2S. The summed E-state index contributed by atoms with van der Waals surface area (Å²) in [5.41, 5.74) is 1.48. The summed E-state index contributed by atoms with van der Waals surface area (Å²) < 4.78 is 5.28. The van der Waals surface area contributed by atoms with E-state index in [0.29, 0.717) is 10.9 Å². The lowest BCUT2D eigenvalue weighted by atomic mass is 10.3. The summed E-state index contributed by atoms with van der Waals surface area (Å²) in [5, 5.41) is 9.60. The van der Waals surface area contributed by atoms with E-state index in [0.717, 1.165) is 11.3 Å². The van der Waals surface area contributed by atoms with Crippen LogP contribution in [-0.2, 0) is 6.61 Å². The first-order valence-electron chi connectivity index (χ1n) is 4.39. The van der Waals surface area contributed by atoms with Crippen molar-refractivity contribution in [1.82, 2.24) is 9.97 Å². The Labute approximate surface area is 91.4 Å². The monoisotopic (exact) mass is 222 g/mol. The zero-order valence-electron chi connectivity index (χ0n) is 8.17. The molecule has 1 N–H and O–H groups in total. The molecule has 0 aromatic carbocycles. The van der Waals surface area contributed by atoms with Gasteiger partial charge in [0, 0.05) is 11.8 Å². The van der Waals surface area contributed by atoms with Gasteiger partial charge in [-0.1, -0.05) is 11.8 Å². The van der Waals surface area contributed by atoms with Crippen LogP contribution in [0.4, 0.5) is 0 Å². The fraction of sp³-hybridized carbons (Fsp3) is 0.200. The van der Waals surface area contributed by atoms with Gasteiger partial charge in [0.15, 0.2) is 10.9 Å². The molecule has 0 spiro atoms. The molecule has 0 radical (unpaired) electrons.